The minimum Gasteiger partial charge on any atom is -0.497 e. The molecule has 0 unspecified atom stereocenters. The number of hydrogen-bond acceptors (Lipinski definition) is 5. The molecule has 0 amide bonds. The maximum Gasteiger partial charge on any atom is 0.348 e. The molecule has 5 nitrogen and oxygen atoms in total. The maximum atomic E-state index is 11.8. The number of ether oxygens (including phenoxy) is 3. The first-order valence-corrected chi connectivity index (χ1v) is 5.74. The minimum absolute atomic E-state index is 0.132. The van der Waals surface area contributed by atoms with E-state index in [2.05, 4.69) is 0 Å². The van der Waals surface area contributed by atoms with Gasteiger partial charge >= 0.3 is 11.9 Å². The summed E-state index contributed by atoms with van der Waals surface area (Å²) < 4.78 is 15.1. The quantitative estimate of drug-likeness (QED) is 0.463. The summed E-state index contributed by atoms with van der Waals surface area (Å²) in [7, 11) is 1.54. The molecule has 1 aliphatic rings. The first-order valence-electron chi connectivity index (χ1n) is 5.74. The van der Waals surface area contributed by atoms with Gasteiger partial charge < -0.3 is 14.2 Å². The number of hydrogen-bond donors (Lipinski definition) is 0. The smallest absolute Gasteiger partial charge is 0.348 e. The lowest BCUT2D eigenvalue weighted by molar-refractivity contribution is -0.222. The monoisotopic (exact) mass is 262 g/mol. The summed E-state index contributed by atoms with van der Waals surface area (Å²) in [5.41, 5.74) is 0.524. The highest BCUT2D eigenvalue weighted by Gasteiger charge is 2.38. The van der Waals surface area contributed by atoms with Crippen molar-refractivity contribution in [2.24, 2.45) is 0 Å². The fourth-order valence-electron chi connectivity index (χ4n) is 1.68. The number of benzene rings is 1. The summed E-state index contributed by atoms with van der Waals surface area (Å²) >= 11 is 0. The second kappa shape index (κ2) is 4.76. The number of cyclic esters (lactones) is 2. The Morgan fingerprint density at radius 1 is 1.16 bits per heavy atom. The third-order valence-corrected chi connectivity index (χ3v) is 2.52. The molecule has 1 fully saturated rings. The minimum atomic E-state index is -1.22. The van der Waals surface area contributed by atoms with Crippen LogP contribution in [0.1, 0.15) is 19.4 Å². The summed E-state index contributed by atoms with van der Waals surface area (Å²) in [5, 5.41) is 0. The Bertz CT molecular complexity index is 535. The molecule has 1 aromatic carbocycles. The molecule has 0 aromatic heterocycles. The molecule has 100 valence electrons. The SMILES string of the molecule is COc1cccc(C=C2C(=O)OC(C)(C)OC2=O)c1. The van der Waals surface area contributed by atoms with E-state index in [1.165, 1.54) is 27.0 Å². The van der Waals surface area contributed by atoms with Gasteiger partial charge in [0, 0.05) is 13.8 Å². The van der Waals surface area contributed by atoms with Crippen LogP contribution in [-0.4, -0.2) is 24.8 Å². The van der Waals surface area contributed by atoms with E-state index in [-0.39, 0.29) is 5.57 Å². The summed E-state index contributed by atoms with van der Waals surface area (Å²) in [6.45, 7) is 3.01. The topological polar surface area (TPSA) is 61.8 Å². The molecule has 0 saturated carbocycles. The number of methoxy groups -OCH3 is 1. The van der Waals surface area contributed by atoms with Crippen molar-refractivity contribution in [3.8, 4) is 5.75 Å². The molecule has 0 spiro atoms. The Labute approximate surface area is 110 Å². The molecule has 0 N–H and O–H groups in total. The highest BCUT2D eigenvalue weighted by Crippen LogP contribution is 2.24. The summed E-state index contributed by atoms with van der Waals surface area (Å²) in [6, 6.07) is 6.97. The van der Waals surface area contributed by atoms with Crippen LogP contribution in [0.25, 0.3) is 6.08 Å². The Kier molecular flexibility index (Phi) is 3.29. The van der Waals surface area contributed by atoms with Crippen LogP contribution in [0.4, 0.5) is 0 Å². The second-order valence-electron chi connectivity index (χ2n) is 4.51. The van der Waals surface area contributed by atoms with E-state index in [1.807, 2.05) is 0 Å². The van der Waals surface area contributed by atoms with Crippen LogP contribution in [0.2, 0.25) is 0 Å². The summed E-state index contributed by atoms with van der Waals surface area (Å²) in [6.07, 6.45) is 1.42. The van der Waals surface area contributed by atoms with E-state index < -0.39 is 17.7 Å². The van der Waals surface area contributed by atoms with E-state index in [0.29, 0.717) is 11.3 Å². The molecular weight excluding hydrogens is 248 g/mol. The number of rotatable bonds is 2. The highest BCUT2D eigenvalue weighted by atomic mass is 16.7. The van der Waals surface area contributed by atoms with Crippen molar-refractivity contribution < 1.29 is 23.8 Å². The first-order chi connectivity index (χ1) is 8.91. The zero-order valence-corrected chi connectivity index (χ0v) is 10.9. The molecule has 1 aromatic rings. The fourth-order valence-corrected chi connectivity index (χ4v) is 1.68. The highest BCUT2D eigenvalue weighted by molar-refractivity contribution is 6.18. The first kappa shape index (κ1) is 13.1. The van der Waals surface area contributed by atoms with Gasteiger partial charge in [0.05, 0.1) is 7.11 Å². The van der Waals surface area contributed by atoms with Gasteiger partial charge in [-0.3, -0.25) is 0 Å². The lowest BCUT2D eigenvalue weighted by Gasteiger charge is -2.29. The molecule has 0 aliphatic carbocycles. The Morgan fingerprint density at radius 2 is 1.79 bits per heavy atom. The molecule has 1 aliphatic heterocycles. The normalized spacial score (nSPS) is 17.5. The zero-order chi connectivity index (χ0) is 14.0. The molecule has 19 heavy (non-hydrogen) atoms. The predicted molar refractivity (Wildman–Crippen MR) is 67.2 cm³/mol. The van der Waals surface area contributed by atoms with Gasteiger partial charge in [-0.1, -0.05) is 12.1 Å². The van der Waals surface area contributed by atoms with Crippen LogP contribution in [0.3, 0.4) is 0 Å². The van der Waals surface area contributed by atoms with E-state index in [4.69, 9.17) is 14.2 Å². The molecule has 0 radical (unpaired) electrons. The molecule has 0 atom stereocenters. The van der Waals surface area contributed by atoms with Gasteiger partial charge in [-0.2, -0.15) is 0 Å². The van der Waals surface area contributed by atoms with E-state index in [0.717, 1.165) is 0 Å². The van der Waals surface area contributed by atoms with Crippen LogP contribution in [-0.2, 0) is 19.1 Å². The van der Waals surface area contributed by atoms with Gasteiger partial charge in [-0.25, -0.2) is 9.59 Å². The maximum absolute atomic E-state index is 11.8. The van der Waals surface area contributed by atoms with E-state index in [9.17, 15) is 9.59 Å². The average molecular weight is 262 g/mol. The van der Waals surface area contributed by atoms with Crippen molar-refractivity contribution in [2.75, 3.05) is 7.11 Å². The van der Waals surface area contributed by atoms with Crippen molar-refractivity contribution in [3.63, 3.8) is 0 Å². The lowest BCUT2D eigenvalue weighted by Crippen LogP contribution is -2.41. The van der Waals surface area contributed by atoms with Gasteiger partial charge in [-0.15, -0.1) is 0 Å². The van der Waals surface area contributed by atoms with Gasteiger partial charge in [-0.05, 0) is 23.8 Å². The molecular formula is C14H14O5. The number of carbonyl (C=O) groups is 2. The van der Waals surface area contributed by atoms with E-state index >= 15 is 0 Å². The van der Waals surface area contributed by atoms with Crippen LogP contribution in [0, 0.1) is 0 Å². The standard InChI is InChI=1S/C14H14O5/c1-14(2)18-12(15)11(13(16)19-14)8-9-5-4-6-10(7-9)17-3/h4-8H,1-3H3. The van der Waals surface area contributed by atoms with Crippen molar-refractivity contribution in [3.05, 3.63) is 35.4 Å². The molecule has 0 bridgehead atoms. The second-order valence-corrected chi connectivity index (χ2v) is 4.51. The van der Waals surface area contributed by atoms with Crippen LogP contribution >= 0.6 is 0 Å². The third-order valence-electron chi connectivity index (χ3n) is 2.52. The Balaban J connectivity index is 2.32. The van der Waals surface area contributed by atoms with Gasteiger partial charge in [0.2, 0.25) is 0 Å². The largest absolute Gasteiger partial charge is 0.497 e. The fraction of sp³-hybridized carbons (Fsp3) is 0.286. The van der Waals surface area contributed by atoms with Crippen molar-refractivity contribution in [1.82, 2.24) is 0 Å². The molecule has 1 heterocycles. The van der Waals surface area contributed by atoms with Crippen LogP contribution < -0.4 is 4.74 Å². The molecule has 2 rings (SSSR count). The average Bonchev–Trinajstić information content (AvgIpc) is 2.33. The lowest BCUT2D eigenvalue weighted by atomic mass is 10.1. The Morgan fingerprint density at radius 3 is 2.37 bits per heavy atom. The number of carbonyl (C=O) groups excluding carboxylic acids is 2. The van der Waals surface area contributed by atoms with Crippen molar-refractivity contribution >= 4 is 18.0 Å². The van der Waals surface area contributed by atoms with Crippen LogP contribution in [0.15, 0.2) is 29.8 Å². The molecule has 1 saturated heterocycles. The third kappa shape index (κ3) is 2.93. The zero-order valence-electron chi connectivity index (χ0n) is 10.9. The summed E-state index contributed by atoms with van der Waals surface area (Å²) in [4.78, 5) is 23.5. The van der Waals surface area contributed by atoms with Crippen LogP contribution in [0.5, 0.6) is 5.75 Å². The molecule has 5 heteroatoms. The number of esters is 2. The Hall–Kier alpha value is -2.30. The van der Waals surface area contributed by atoms with Gasteiger partial charge in [0.25, 0.3) is 5.79 Å². The predicted octanol–water partition coefficient (Wildman–Crippen LogP) is 1.91. The van der Waals surface area contributed by atoms with Crippen molar-refractivity contribution in [2.45, 2.75) is 19.6 Å². The van der Waals surface area contributed by atoms with E-state index in [1.54, 1.807) is 24.3 Å². The van der Waals surface area contributed by atoms with Crippen molar-refractivity contribution in [1.29, 1.82) is 0 Å². The van der Waals surface area contributed by atoms with Gasteiger partial charge in [0.1, 0.15) is 11.3 Å². The summed E-state index contributed by atoms with van der Waals surface area (Å²) in [5.74, 6) is -1.97. The van der Waals surface area contributed by atoms with Gasteiger partial charge in [0.15, 0.2) is 0 Å².